The molecule has 1 saturated heterocycles. The van der Waals surface area contributed by atoms with Crippen molar-refractivity contribution in [1.29, 1.82) is 0 Å². The molecular formula is C21H21FN4O2. The van der Waals surface area contributed by atoms with Crippen LogP contribution in [0.5, 0.6) is 0 Å². The van der Waals surface area contributed by atoms with Gasteiger partial charge in [0.05, 0.1) is 5.92 Å². The minimum Gasteiger partial charge on any atom is -0.355 e. The summed E-state index contributed by atoms with van der Waals surface area (Å²) in [5.41, 5.74) is 3.13. The third-order valence-electron chi connectivity index (χ3n) is 5.06. The smallest absolute Gasteiger partial charge is 0.274 e. The number of benzene rings is 1. The van der Waals surface area contributed by atoms with Crippen molar-refractivity contribution in [2.45, 2.75) is 13.3 Å². The first kappa shape index (κ1) is 18.2. The van der Waals surface area contributed by atoms with E-state index < -0.39 is 0 Å². The first-order valence-corrected chi connectivity index (χ1v) is 9.27. The summed E-state index contributed by atoms with van der Waals surface area (Å²) in [6.07, 6.45) is 4.22. The quantitative estimate of drug-likeness (QED) is 0.738. The predicted octanol–water partition coefficient (Wildman–Crippen LogP) is 2.21. The monoisotopic (exact) mass is 380 g/mol. The third kappa shape index (κ3) is 3.60. The van der Waals surface area contributed by atoms with Crippen LogP contribution < -0.4 is 5.32 Å². The number of fused-ring (bicyclic) bond motifs is 1. The van der Waals surface area contributed by atoms with Gasteiger partial charge in [-0.25, -0.2) is 9.37 Å². The highest BCUT2D eigenvalue weighted by Gasteiger charge is 2.36. The van der Waals surface area contributed by atoms with E-state index in [2.05, 4.69) is 10.3 Å². The summed E-state index contributed by atoms with van der Waals surface area (Å²) < 4.78 is 14.7. The summed E-state index contributed by atoms with van der Waals surface area (Å²) in [6, 6.07) is 10.1. The molecular weight excluding hydrogens is 359 g/mol. The van der Waals surface area contributed by atoms with Crippen molar-refractivity contribution >= 4 is 17.5 Å². The predicted molar refractivity (Wildman–Crippen MR) is 102 cm³/mol. The number of halogens is 1. The summed E-state index contributed by atoms with van der Waals surface area (Å²) in [5, 5.41) is 2.89. The highest BCUT2D eigenvalue weighted by atomic mass is 19.1. The Balaban J connectivity index is 1.27. The number of carbonyl (C=O) groups is 2. The number of imidazole rings is 1. The zero-order valence-electron chi connectivity index (χ0n) is 15.6. The minimum atomic E-state index is -0.271. The van der Waals surface area contributed by atoms with E-state index >= 15 is 0 Å². The van der Waals surface area contributed by atoms with Crippen LogP contribution in [0.2, 0.25) is 0 Å². The average Bonchev–Trinajstić information content (AvgIpc) is 3.08. The standard InChI is InChI=1S/C21H21FN4O2/c1-14-3-2-10-25-13-18(24-19(14)25)21(28)26-11-16(12-26)20(27)23-9-8-15-4-6-17(22)7-5-15/h2-7,10,13,16H,8-9,11-12H2,1H3,(H,23,27). The van der Waals surface area contributed by atoms with Gasteiger partial charge in [-0.15, -0.1) is 0 Å². The molecule has 1 fully saturated rings. The van der Waals surface area contributed by atoms with Crippen molar-refractivity contribution < 1.29 is 14.0 Å². The Morgan fingerprint density at radius 1 is 1.21 bits per heavy atom. The van der Waals surface area contributed by atoms with Gasteiger partial charge in [0.25, 0.3) is 5.91 Å². The van der Waals surface area contributed by atoms with Crippen LogP contribution in [0, 0.1) is 18.7 Å². The molecule has 1 aliphatic rings. The highest BCUT2D eigenvalue weighted by molar-refractivity contribution is 5.95. The second-order valence-corrected chi connectivity index (χ2v) is 7.12. The summed E-state index contributed by atoms with van der Waals surface area (Å²) in [4.78, 5) is 30.9. The van der Waals surface area contributed by atoms with Gasteiger partial charge >= 0.3 is 0 Å². The number of aryl methyl sites for hydroxylation is 1. The Labute approximate surface area is 162 Å². The topological polar surface area (TPSA) is 66.7 Å². The van der Waals surface area contributed by atoms with E-state index in [9.17, 15) is 14.0 Å². The molecule has 3 heterocycles. The van der Waals surface area contributed by atoms with Crippen molar-refractivity contribution in [3.05, 3.63) is 71.4 Å². The van der Waals surface area contributed by atoms with Gasteiger partial charge < -0.3 is 14.6 Å². The fourth-order valence-corrected chi connectivity index (χ4v) is 3.35. The number of amides is 2. The zero-order valence-corrected chi connectivity index (χ0v) is 15.6. The minimum absolute atomic E-state index is 0.0583. The van der Waals surface area contributed by atoms with Gasteiger partial charge in [0, 0.05) is 32.0 Å². The molecule has 1 N–H and O–H groups in total. The van der Waals surface area contributed by atoms with Crippen LogP contribution in [-0.4, -0.2) is 45.7 Å². The molecule has 7 heteroatoms. The Morgan fingerprint density at radius 3 is 2.68 bits per heavy atom. The van der Waals surface area contributed by atoms with Gasteiger partial charge in [0.2, 0.25) is 5.91 Å². The lowest BCUT2D eigenvalue weighted by atomic mass is 9.98. The average molecular weight is 380 g/mol. The first-order chi connectivity index (χ1) is 13.5. The third-order valence-corrected chi connectivity index (χ3v) is 5.06. The maximum Gasteiger partial charge on any atom is 0.274 e. The van der Waals surface area contributed by atoms with Crippen molar-refractivity contribution in [1.82, 2.24) is 19.6 Å². The second-order valence-electron chi connectivity index (χ2n) is 7.12. The SMILES string of the molecule is Cc1cccn2cc(C(=O)N3CC(C(=O)NCCc4ccc(F)cc4)C3)nc12. The van der Waals surface area contributed by atoms with Crippen LogP contribution in [-0.2, 0) is 11.2 Å². The van der Waals surface area contributed by atoms with Crippen LogP contribution >= 0.6 is 0 Å². The summed E-state index contributed by atoms with van der Waals surface area (Å²) in [7, 11) is 0. The van der Waals surface area contributed by atoms with Gasteiger partial charge in [-0.2, -0.15) is 0 Å². The molecule has 0 atom stereocenters. The summed E-state index contributed by atoms with van der Waals surface area (Å²) in [6.45, 7) is 3.23. The van der Waals surface area contributed by atoms with Gasteiger partial charge in [-0.1, -0.05) is 18.2 Å². The van der Waals surface area contributed by atoms with Gasteiger partial charge in [-0.3, -0.25) is 9.59 Å². The van der Waals surface area contributed by atoms with E-state index in [-0.39, 0.29) is 23.5 Å². The van der Waals surface area contributed by atoms with Crippen molar-refractivity contribution in [3.63, 3.8) is 0 Å². The molecule has 0 radical (unpaired) electrons. The lowest BCUT2D eigenvalue weighted by molar-refractivity contribution is -0.128. The molecule has 3 aromatic rings. The molecule has 0 spiro atoms. The fourth-order valence-electron chi connectivity index (χ4n) is 3.35. The molecule has 4 rings (SSSR count). The second kappa shape index (κ2) is 7.42. The first-order valence-electron chi connectivity index (χ1n) is 9.27. The molecule has 2 aromatic heterocycles. The Bertz CT molecular complexity index is 1020. The van der Waals surface area contributed by atoms with E-state index in [0.29, 0.717) is 31.7 Å². The number of rotatable bonds is 5. The van der Waals surface area contributed by atoms with Gasteiger partial charge in [0.15, 0.2) is 0 Å². The van der Waals surface area contributed by atoms with Crippen molar-refractivity contribution in [2.75, 3.05) is 19.6 Å². The number of nitrogens with zero attached hydrogens (tertiary/aromatic N) is 3. The molecule has 0 saturated carbocycles. The van der Waals surface area contributed by atoms with Crippen molar-refractivity contribution in [2.24, 2.45) is 5.92 Å². The van der Waals surface area contributed by atoms with E-state index in [4.69, 9.17) is 0 Å². The normalized spacial score (nSPS) is 14.1. The largest absolute Gasteiger partial charge is 0.355 e. The Hall–Kier alpha value is -3.22. The number of carbonyl (C=O) groups excluding carboxylic acids is 2. The Morgan fingerprint density at radius 2 is 1.96 bits per heavy atom. The number of pyridine rings is 1. The van der Waals surface area contributed by atoms with Crippen LogP contribution in [0.15, 0.2) is 48.8 Å². The molecule has 0 bridgehead atoms. The van der Waals surface area contributed by atoms with E-state index in [1.165, 1.54) is 12.1 Å². The van der Waals surface area contributed by atoms with Crippen LogP contribution in [0.3, 0.4) is 0 Å². The summed E-state index contributed by atoms with van der Waals surface area (Å²) in [5.74, 6) is -0.681. The van der Waals surface area contributed by atoms with Gasteiger partial charge in [-0.05, 0) is 42.7 Å². The number of aromatic nitrogens is 2. The molecule has 28 heavy (non-hydrogen) atoms. The molecule has 1 aliphatic heterocycles. The molecule has 2 amide bonds. The molecule has 0 aliphatic carbocycles. The van der Waals surface area contributed by atoms with Gasteiger partial charge in [0.1, 0.15) is 17.2 Å². The number of hydrogen-bond acceptors (Lipinski definition) is 3. The maximum atomic E-state index is 12.9. The molecule has 144 valence electrons. The zero-order chi connectivity index (χ0) is 19.7. The maximum absolute atomic E-state index is 12.9. The molecule has 6 nitrogen and oxygen atoms in total. The van der Waals surface area contributed by atoms with Crippen LogP contribution in [0.25, 0.3) is 5.65 Å². The van der Waals surface area contributed by atoms with E-state index in [0.717, 1.165) is 16.8 Å². The lowest BCUT2D eigenvalue weighted by Gasteiger charge is -2.37. The molecule has 0 unspecified atom stereocenters. The van der Waals surface area contributed by atoms with Crippen LogP contribution in [0.4, 0.5) is 4.39 Å². The number of hydrogen-bond donors (Lipinski definition) is 1. The van der Waals surface area contributed by atoms with E-state index in [1.54, 1.807) is 23.2 Å². The molecule has 1 aromatic carbocycles. The summed E-state index contributed by atoms with van der Waals surface area (Å²) >= 11 is 0. The van der Waals surface area contributed by atoms with E-state index in [1.807, 2.05) is 29.7 Å². The number of likely N-dealkylation sites (tertiary alicyclic amines) is 1. The Kier molecular flexibility index (Phi) is 4.81. The highest BCUT2D eigenvalue weighted by Crippen LogP contribution is 2.19. The van der Waals surface area contributed by atoms with Crippen LogP contribution in [0.1, 0.15) is 21.6 Å². The number of nitrogens with one attached hydrogen (secondary N) is 1. The fraction of sp³-hybridized carbons (Fsp3) is 0.286. The van der Waals surface area contributed by atoms with Crippen molar-refractivity contribution in [3.8, 4) is 0 Å². The lowest BCUT2D eigenvalue weighted by Crippen LogP contribution is -2.56.